The van der Waals surface area contributed by atoms with Crippen LogP contribution >= 0.6 is 0 Å². The van der Waals surface area contributed by atoms with Crippen LogP contribution in [0.3, 0.4) is 0 Å². The van der Waals surface area contributed by atoms with Crippen LogP contribution in [-0.2, 0) is 86.3 Å². The van der Waals surface area contributed by atoms with Gasteiger partial charge in [-0.2, -0.15) is 0 Å². The second kappa shape index (κ2) is 51.7. The van der Waals surface area contributed by atoms with E-state index >= 15 is 0 Å². The standard InChI is InChI=1S/C84H66N30O30/c1-85-19-37-55(115)43-25-103-73(133)91-7-9-93-75(135)105-27-45-57(117)38(20-86-2)59(119)47(68(45)128)29-107-77(137)95-11-13-97-79(139)109-31-49-61(121)40(22-88-4)63(123)51(70(49)130)33-111-81(141)99-15-17-101-83(143)113-35-53-65(125)42(24-90-6)66(126)54(72(53)132)36-114-84(144)102-18-16-100-82(142)112-34-52-64(124)41(23-89-5)62(122)50(71(52)131)32-110-80(140)98-14-12-96-78(138)108-30-48-60(120)39(21-87-3)58(118)46(69(48)129)28-106-76(136)94-10-8-92-74(134)104-26-44(56(37)116)67(43)127/h19-36,85-90H,1-6H3,(H2,91,103,133)(H2,92,104,134)(H2,93,105,135)(H2,94,106,136)(H2,95,107,137)(H2,96,108,138)(H2,97,109,139)(H2,98,110,140)(H2,99,111,141)(H2,100,112,142)(H2,101,113,143)(H2,102,114,144)/b37-19?,38-20?,39-21?,40-22?,41-23?,42-24?,43-25-,44-26+,45-27+,46-28-,47-29-,48-30+,49-31+,50-32-,51-33-,52-34+,53-35+,54-36-. The largest absolute Gasteiger partial charge is 0.393 e. The predicted molar refractivity (Wildman–Crippen MR) is 477 cm³/mol. The number of Topliss-reactive ketones (excluding diaryl/α,β-unsaturated/α-hetero) is 18. The van der Waals surface area contributed by atoms with Gasteiger partial charge in [-0.1, -0.05) is 0 Å². The second-order valence-electron chi connectivity index (χ2n) is 26.4. The van der Waals surface area contributed by atoms with Gasteiger partial charge in [-0.3, -0.25) is 150 Å². The number of allylic oxidation sites excluding steroid dienone is 18. The molecule has 0 saturated heterocycles. The number of rotatable bonds is 6. The quantitative estimate of drug-likeness (QED) is 0.0667. The number of fused-ring (bicyclic) bond motifs is 12. The average Bonchev–Trinajstić information content (AvgIpc) is 0.811. The highest BCUT2D eigenvalue weighted by Crippen LogP contribution is 2.29. The molecule has 0 aromatic rings. The normalized spacial score (nSPS) is 24.0. The molecule has 0 radical (unpaired) electrons. The number of ketones is 18. The minimum atomic E-state index is -1.38. The van der Waals surface area contributed by atoms with Crippen molar-refractivity contribution in [3.63, 3.8) is 0 Å². The Morgan fingerprint density at radius 1 is 0.139 bits per heavy atom. The minimum absolute atomic E-state index is 0.523. The first-order valence-corrected chi connectivity index (χ1v) is 39.0. The van der Waals surface area contributed by atoms with Crippen LogP contribution in [0.1, 0.15) is 0 Å². The molecule has 0 spiro atoms. The van der Waals surface area contributed by atoms with Crippen LogP contribution in [0.2, 0.25) is 0 Å². The summed E-state index contributed by atoms with van der Waals surface area (Å²) in [5.41, 5.74) is -15.0. The SMILES string of the molecule is CNC=C1C(=O)/C2=C/NC(=O)NC#CNC(=O)N/C=C3\C(=O)C(=CNC)C(=O)/C(=C/NC(=O)NC#CNC(=O)N/C=C4\C(=O)C(=CNC)C(=O)/C(=C/NC(=O)NC#CNC(=O)N/C=C5\C(=O)C(=CNC)C(=O)/C(=C/NC(=O)NC#CNC(=O)N/C=C6\C(=O)C(=CNC)C(=O)/C(=C/NC(=O)NC#CNC(=O)N/C=C7\C(=O)C(=CNC)C(=O)/C(=C/NC(=O)NC#CNC(=O)N/C=C(\C1=O)C2=O)C7=O)C6=O)C5=O)C4=O)C3=O. The van der Waals surface area contributed by atoms with Crippen LogP contribution in [0.4, 0.5) is 57.5 Å². The van der Waals surface area contributed by atoms with E-state index in [0.717, 1.165) is 37.2 Å². The van der Waals surface area contributed by atoms with Gasteiger partial charge in [-0.25, -0.2) is 57.5 Å². The molecule has 6 fully saturated rings. The first-order valence-electron chi connectivity index (χ1n) is 39.0. The Bertz CT molecular complexity index is 5560. The monoisotopic (exact) mass is 1970 g/mol. The van der Waals surface area contributed by atoms with Crippen molar-refractivity contribution in [1.82, 2.24) is 160 Å². The van der Waals surface area contributed by atoms with Gasteiger partial charge in [0.25, 0.3) is 0 Å². The first-order chi connectivity index (χ1) is 68.7. The molecule has 1 heterocycles. The van der Waals surface area contributed by atoms with Gasteiger partial charge in [-0.15, -0.1) is 0 Å². The van der Waals surface area contributed by atoms with E-state index in [4.69, 9.17) is 0 Å². The van der Waals surface area contributed by atoms with Crippen molar-refractivity contribution in [1.29, 1.82) is 0 Å². The number of carbonyl (C=O) groups is 30. The molecule has 6 aliphatic carbocycles. The second-order valence-corrected chi connectivity index (χ2v) is 26.4. The molecule has 0 unspecified atom stereocenters. The Labute approximate surface area is 803 Å². The zero-order valence-electron chi connectivity index (χ0n) is 73.6. The Kier molecular flexibility index (Phi) is 38.7. The maximum atomic E-state index is 13.5. The molecule has 60 nitrogen and oxygen atoms in total. The van der Waals surface area contributed by atoms with Gasteiger partial charge in [0.2, 0.25) is 104 Å². The predicted octanol–water partition coefficient (Wildman–Crippen LogP) is -11.3. The average molecular weight is 1980 g/mol. The molecule has 24 amide bonds. The molecule has 7 rings (SSSR count). The molecule has 0 aromatic carbocycles. The summed E-state index contributed by atoms with van der Waals surface area (Å²) in [6.07, 6.45) is 11.4. The van der Waals surface area contributed by atoms with Gasteiger partial charge in [-0.05, 0) is 0 Å². The lowest BCUT2D eigenvalue weighted by Gasteiger charge is -2.17. The van der Waals surface area contributed by atoms with Crippen molar-refractivity contribution in [2.45, 2.75) is 0 Å². The topological polar surface area (TPSA) is 873 Å². The molecule has 0 atom stereocenters. The molecule has 30 N–H and O–H groups in total. The number of hydrogen-bond donors (Lipinski definition) is 30. The van der Waals surface area contributed by atoms with Crippen LogP contribution in [0.25, 0.3) is 0 Å². The molecule has 732 valence electrons. The van der Waals surface area contributed by atoms with Gasteiger partial charge in [0.1, 0.15) is 0 Å². The molecule has 7 aliphatic rings. The molecular formula is C84H66N30O30. The zero-order valence-corrected chi connectivity index (χ0v) is 73.6. The van der Waals surface area contributed by atoms with Crippen LogP contribution in [0.5, 0.6) is 0 Å². The highest BCUT2D eigenvalue weighted by molar-refractivity contribution is 6.56. The summed E-state index contributed by atoms with van der Waals surface area (Å²) >= 11 is 0. The molecule has 60 heteroatoms. The van der Waals surface area contributed by atoms with E-state index in [0.29, 0.717) is 74.4 Å². The van der Waals surface area contributed by atoms with Gasteiger partial charge in [0, 0.05) is 226 Å². The Morgan fingerprint density at radius 3 is 0.285 bits per heavy atom. The van der Waals surface area contributed by atoms with E-state index in [1.54, 1.807) is 0 Å². The molecule has 1 aliphatic heterocycles. The summed E-state index contributed by atoms with van der Waals surface area (Å²) in [4.78, 5) is 394. The smallest absolute Gasteiger partial charge is 0.330 e. The number of urea groups is 12. The fourth-order valence-electron chi connectivity index (χ4n) is 10.8. The Hall–Kier alpha value is -23.2. The van der Waals surface area contributed by atoms with E-state index in [9.17, 15) is 144 Å². The van der Waals surface area contributed by atoms with E-state index in [2.05, 4.69) is 31.9 Å². The van der Waals surface area contributed by atoms with E-state index < -0.39 is 277 Å². The third-order valence-corrected chi connectivity index (χ3v) is 17.2. The summed E-state index contributed by atoms with van der Waals surface area (Å²) in [5.74, 6) is -23.4. The molecule has 6 saturated carbocycles. The lowest BCUT2D eigenvalue weighted by atomic mass is 9.84. The fourth-order valence-corrected chi connectivity index (χ4v) is 10.8. The lowest BCUT2D eigenvalue weighted by Crippen LogP contribution is -2.38. The van der Waals surface area contributed by atoms with Gasteiger partial charge in [0.15, 0.2) is 0 Å². The van der Waals surface area contributed by atoms with E-state index in [-0.39, 0.29) is 0 Å². The van der Waals surface area contributed by atoms with Gasteiger partial charge >= 0.3 is 72.4 Å². The van der Waals surface area contributed by atoms with Gasteiger partial charge in [0.05, 0.1) is 100 Å². The minimum Gasteiger partial charge on any atom is -0.393 e. The van der Waals surface area contributed by atoms with Crippen LogP contribution in [-0.4, -0.2) is 219 Å². The van der Waals surface area contributed by atoms with Crippen molar-refractivity contribution >= 4 is 176 Å². The summed E-state index contributed by atoms with van der Waals surface area (Å²) in [7, 11) is 7.51. The van der Waals surface area contributed by atoms with Gasteiger partial charge < -0.3 is 95.7 Å². The highest BCUT2D eigenvalue weighted by atomic mass is 16.2. The van der Waals surface area contributed by atoms with Crippen molar-refractivity contribution in [3.05, 3.63) is 212 Å². The molecule has 0 aromatic heterocycles. The van der Waals surface area contributed by atoms with E-state index in [1.807, 2.05) is 200 Å². The molecular weight excluding hydrogens is 1910 g/mol. The third kappa shape index (κ3) is 28.4. The summed E-state index contributed by atoms with van der Waals surface area (Å²) in [6.45, 7) is 0. The molecule has 12 bridgehead atoms. The van der Waals surface area contributed by atoms with Crippen molar-refractivity contribution < 1.29 is 144 Å². The zero-order chi connectivity index (χ0) is 106. The number of nitrogens with one attached hydrogen (secondary N) is 30. The van der Waals surface area contributed by atoms with Crippen molar-refractivity contribution in [3.8, 4) is 72.5 Å². The van der Waals surface area contributed by atoms with Crippen molar-refractivity contribution in [2.75, 3.05) is 42.3 Å². The Balaban J connectivity index is 1.08. The highest BCUT2D eigenvalue weighted by Gasteiger charge is 2.45. The van der Waals surface area contributed by atoms with Crippen LogP contribution < -0.4 is 160 Å². The number of carbonyl (C=O) groups excluding carboxylic acids is 30. The van der Waals surface area contributed by atoms with Crippen LogP contribution in [0, 0.1) is 72.5 Å². The maximum absolute atomic E-state index is 13.5. The summed E-state index contributed by atoms with van der Waals surface area (Å²) in [5, 5.41) is 60.8. The van der Waals surface area contributed by atoms with E-state index in [1.165, 1.54) is 42.3 Å². The van der Waals surface area contributed by atoms with Crippen molar-refractivity contribution in [2.24, 2.45) is 0 Å². The first kappa shape index (κ1) is 108. The maximum Gasteiger partial charge on any atom is 0.330 e. The summed E-state index contributed by atoms with van der Waals surface area (Å²) in [6, 6.07) is 7.74. The molecule has 144 heavy (non-hydrogen) atoms. The third-order valence-electron chi connectivity index (χ3n) is 17.2. The lowest BCUT2D eigenvalue weighted by molar-refractivity contribution is -0.126. The Morgan fingerprint density at radius 2 is 0.215 bits per heavy atom. The summed E-state index contributed by atoms with van der Waals surface area (Å²) < 4.78 is 0. The number of amides is 24. The van der Waals surface area contributed by atoms with Crippen LogP contribution in [0.15, 0.2) is 212 Å². The number of hydrogen-bond acceptors (Lipinski definition) is 36. The fraction of sp³-hybridized carbons (Fsp3) is 0.0714.